The molecule has 11 nitrogen and oxygen atoms in total. The molecule has 0 aromatic carbocycles. The number of rotatable bonds is 4. The highest BCUT2D eigenvalue weighted by Gasteiger charge is 2.33. The number of hydrogen-bond acceptors (Lipinski definition) is 9. The van der Waals surface area contributed by atoms with Crippen molar-refractivity contribution in [1.82, 2.24) is 34.8 Å². The zero-order valence-corrected chi connectivity index (χ0v) is 20.7. The minimum Gasteiger partial charge on any atom is -0.378 e. The number of anilines is 1. The van der Waals surface area contributed by atoms with Crippen LogP contribution in [0.2, 0.25) is 5.28 Å². The van der Waals surface area contributed by atoms with E-state index in [1.165, 1.54) is 13.2 Å². The van der Waals surface area contributed by atoms with Crippen molar-refractivity contribution in [1.29, 1.82) is 0 Å². The van der Waals surface area contributed by atoms with E-state index in [0.717, 1.165) is 4.57 Å². The smallest absolute Gasteiger partial charge is 0.378 e. The predicted molar refractivity (Wildman–Crippen MR) is 124 cm³/mol. The molecule has 1 N–H and O–H groups in total. The molecule has 0 spiro atoms. The minimum atomic E-state index is -4.56. The molecular weight excluding hydrogens is 505 g/mol. The molecule has 0 saturated carbocycles. The van der Waals surface area contributed by atoms with E-state index in [1.807, 2.05) is 25.7 Å². The molecule has 15 heteroatoms. The molecule has 1 fully saturated rings. The Kier molecular flexibility index (Phi) is 6.92. The number of ether oxygens (including phenoxy) is 2. The number of nitrogens with one attached hydrogen (secondary N) is 1. The maximum Gasteiger partial charge on any atom is 0.414 e. The summed E-state index contributed by atoms with van der Waals surface area (Å²) in [5.41, 5.74) is 0.262. The van der Waals surface area contributed by atoms with Crippen LogP contribution in [0.4, 0.5) is 23.8 Å². The van der Waals surface area contributed by atoms with Crippen LogP contribution in [-0.4, -0.2) is 75.1 Å². The fourth-order valence-corrected chi connectivity index (χ4v) is 3.90. The van der Waals surface area contributed by atoms with Gasteiger partial charge in [0.1, 0.15) is 6.54 Å². The lowest BCUT2D eigenvalue weighted by atomic mass is 9.88. The van der Waals surface area contributed by atoms with Gasteiger partial charge in [-0.2, -0.15) is 18.2 Å². The van der Waals surface area contributed by atoms with E-state index < -0.39 is 24.2 Å². The summed E-state index contributed by atoms with van der Waals surface area (Å²) in [5.74, 6) is 0.409. The Hall–Kier alpha value is -3.26. The van der Waals surface area contributed by atoms with Crippen molar-refractivity contribution in [3.8, 4) is 17.4 Å². The van der Waals surface area contributed by atoms with Crippen molar-refractivity contribution in [2.45, 2.75) is 38.9 Å². The topological polar surface area (TPSA) is 120 Å². The number of alkyl halides is 3. The molecule has 194 valence electrons. The summed E-state index contributed by atoms with van der Waals surface area (Å²) in [4.78, 5) is 35.2. The number of carbonyl (C=O) groups is 1. The van der Waals surface area contributed by atoms with Crippen molar-refractivity contribution < 1.29 is 27.4 Å². The Balaban J connectivity index is 1.95. The molecule has 0 atom stereocenters. The zero-order chi connectivity index (χ0) is 26.3. The summed E-state index contributed by atoms with van der Waals surface area (Å²) >= 11 is 6.13. The second-order valence-electron chi connectivity index (χ2n) is 9.03. The number of aromatic nitrogens is 6. The van der Waals surface area contributed by atoms with Crippen LogP contribution in [0.5, 0.6) is 6.01 Å². The minimum absolute atomic E-state index is 0.0747. The van der Waals surface area contributed by atoms with Crippen LogP contribution in [0.1, 0.15) is 26.5 Å². The van der Waals surface area contributed by atoms with Gasteiger partial charge in [-0.05, 0) is 11.6 Å². The summed E-state index contributed by atoms with van der Waals surface area (Å²) in [6.07, 6.45) is -3.93. The summed E-state index contributed by atoms with van der Waals surface area (Å²) in [7, 11) is 1.40. The van der Waals surface area contributed by atoms with E-state index in [0.29, 0.717) is 43.4 Å². The molecule has 0 bridgehead atoms. The quantitative estimate of drug-likeness (QED) is 0.508. The largest absolute Gasteiger partial charge is 0.414 e. The van der Waals surface area contributed by atoms with E-state index in [-0.39, 0.29) is 28.3 Å². The first-order chi connectivity index (χ1) is 16.9. The van der Waals surface area contributed by atoms with Gasteiger partial charge < -0.3 is 19.7 Å². The average molecular weight is 529 g/mol. The van der Waals surface area contributed by atoms with Gasteiger partial charge in [0.05, 0.1) is 24.5 Å². The lowest BCUT2D eigenvalue weighted by molar-refractivity contribution is -0.140. The summed E-state index contributed by atoms with van der Waals surface area (Å²) in [5, 5.41) is 1.96. The first-order valence-corrected chi connectivity index (χ1v) is 11.4. The van der Waals surface area contributed by atoms with Crippen molar-refractivity contribution >= 4 is 34.7 Å². The Morgan fingerprint density at radius 1 is 1.17 bits per heavy atom. The number of imidazole rings is 1. The van der Waals surface area contributed by atoms with Gasteiger partial charge in [-0.15, -0.1) is 0 Å². The number of fused-ring (bicyclic) bond motifs is 1. The van der Waals surface area contributed by atoms with Gasteiger partial charge in [0.25, 0.3) is 0 Å². The van der Waals surface area contributed by atoms with Gasteiger partial charge in [0.15, 0.2) is 22.8 Å². The summed E-state index contributed by atoms with van der Waals surface area (Å²) < 4.78 is 51.4. The van der Waals surface area contributed by atoms with Gasteiger partial charge in [-0.1, -0.05) is 20.8 Å². The number of carbonyl (C=O) groups excluding carboxylic acids is 1. The first kappa shape index (κ1) is 25.8. The van der Waals surface area contributed by atoms with Gasteiger partial charge >= 0.3 is 18.3 Å². The SMILES string of the molecule is CNC(=O)Oc1ncc(-c2nc(N3CCOCC3)c3nc(Cl)n(CC(F)(F)F)c3n2)c(C(C)(C)C)n1. The van der Waals surface area contributed by atoms with E-state index in [9.17, 15) is 18.0 Å². The van der Waals surface area contributed by atoms with E-state index >= 15 is 0 Å². The Morgan fingerprint density at radius 3 is 2.47 bits per heavy atom. The van der Waals surface area contributed by atoms with Crippen molar-refractivity contribution in [3.63, 3.8) is 0 Å². The maximum absolute atomic E-state index is 13.4. The second-order valence-corrected chi connectivity index (χ2v) is 9.37. The molecule has 1 amide bonds. The van der Waals surface area contributed by atoms with Gasteiger partial charge in [0.2, 0.25) is 5.28 Å². The highest BCUT2D eigenvalue weighted by molar-refractivity contribution is 6.29. The third-order valence-electron chi connectivity index (χ3n) is 5.28. The molecule has 1 saturated heterocycles. The fourth-order valence-electron chi connectivity index (χ4n) is 3.68. The van der Waals surface area contributed by atoms with E-state index in [2.05, 4.69) is 30.2 Å². The molecule has 3 aromatic rings. The molecule has 0 aliphatic carbocycles. The Labute approximate surface area is 209 Å². The van der Waals surface area contributed by atoms with Gasteiger partial charge in [0, 0.05) is 31.7 Å². The summed E-state index contributed by atoms with van der Waals surface area (Å²) in [6.45, 7) is 5.98. The number of amides is 1. The van der Waals surface area contributed by atoms with Crippen molar-refractivity contribution in [2.75, 3.05) is 38.3 Å². The lowest BCUT2D eigenvalue weighted by Gasteiger charge is -2.28. The van der Waals surface area contributed by atoms with Crippen molar-refractivity contribution in [2.24, 2.45) is 0 Å². The predicted octanol–water partition coefficient (Wildman–Crippen LogP) is 3.35. The Bertz CT molecular complexity index is 1290. The van der Waals surface area contributed by atoms with Gasteiger partial charge in [-0.25, -0.2) is 24.7 Å². The molecule has 1 aliphatic heterocycles. The van der Waals surface area contributed by atoms with Crippen LogP contribution < -0.4 is 15.0 Å². The van der Waals surface area contributed by atoms with Crippen LogP contribution in [0.15, 0.2) is 6.20 Å². The molecular formula is C21H24ClF3N8O3. The zero-order valence-electron chi connectivity index (χ0n) is 20.0. The molecule has 0 radical (unpaired) electrons. The first-order valence-electron chi connectivity index (χ1n) is 11.0. The summed E-state index contributed by atoms with van der Waals surface area (Å²) in [6, 6.07) is -0.192. The average Bonchev–Trinajstić information content (AvgIpc) is 3.12. The van der Waals surface area contributed by atoms with E-state index in [4.69, 9.17) is 21.1 Å². The number of nitrogens with zero attached hydrogens (tertiary/aromatic N) is 7. The molecule has 4 heterocycles. The lowest BCUT2D eigenvalue weighted by Crippen LogP contribution is -2.37. The van der Waals surface area contributed by atoms with Crippen LogP contribution in [-0.2, 0) is 16.7 Å². The molecule has 36 heavy (non-hydrogen) atoms. The Morgan fingerprint density at radius 2 is 1.86 bits per heavy atom. The highest BCUT2D eigenvalue weighted by atomic mass is 35.5. The molecule has 4 rings (SSSR count). The number of halogens is 4. The maximum atomic E-state index is 13.4. The molecule has 0 unspecified atom stereocenters. The third kappa shape index (κ3) is 5.43. The van der Waals surface area contributed by atoms with Gasteiger partial charge in [-0.3, -0.25) is 4.57 Å². The standard InChI is InChI=1S/C21H24ClF3N8O3/c1-20(2,3)13-11(9-27-18(29-13)36-19(34)26-4)14-30-15(32-5-7-35-8-6-32)12-16(31-14)33(17(22)28-12)10-21(23,24)25/h9H,5-8,10H2,1-4H3,(H,26,34). The van der Waals surface area contributed by atoms with Crippen LogP contribution in [0.25, 0.3) is 22.6 Å². The third-order valence-corrected chi connectivity index (χ3v) is 5.57. The molecule has 3 aromatic heterocycles. The van der Waals surface area contributed by atoms with Crippen LogP contribution >= 0.6 is 11.6 Å². The highest BCUT2D eigenvalue weighted by Crippen LogP contribution is 2.35. The van der Waals surface area contributed by atoms with E-state index in [1.54, 1.807) is 0 Å². The van der Waals surface area contributed by atoms with Crippen LogP contribution in [0.3, 0.4) is 0 Å². The molecule has 1 aliphatic rings. The van der Waals surface area contributed by atoms with Crippen molar-refractivity contribution in [3.05, 3.63) is 17.2 Å². The number of morpholine rings is 1. The second kappa shape index (κ2) is 9.65. The normalized spacial score (nSPS) is 14.8. The number of hydrogen-bond donors (Lipinski definition) is 1. The monoisotopic (exact) mass is 528 g/mol. The fraction of sp³-hybridized carbons (Fsp3) is 0.524. The van der Waals surface area contributed by atoms with Crippen LogP contribution in [0, 0.1) is 0 Å².